The summed E-state index contributed by atoms with van der Waals surface area (Å²) >= 11 is 0.667. The maximum absolute atomic E-state index is 9.38. The van der Waals surface area contributed by atoms with Crippen molar-refractivity contribution in [3.05, 3.63) is 0 Å². The number of aliphatic hydroxyl groups is 1. The molecular weight excluding hydrogens is 179 g/mol. The van der Waals surface area contributed by atoms with Gasteiger partial charge in [-0.25, -0.2) is 0 Å². The molecule has 0 aliphatic heterocycles. The average molecular weight is 193 g/mol. The van der Waals surface area contributed by atoms with Crippen LogP contribution in [0.25, 0.3) is 0 Å². The Kier molecular flexibility index (Phi) is 3.03. The molecule has 0 unspecified atom stereocenters. The average Bonchev–Trinajstić information content (AvgIpc) is 1.89. The Hall–Kier alpha value is 0.479. The third kappa shape index (κ3) is 1.96. The van der Waals surface area contributed by atoms with E-state index >= 15 is 0 Å². The molecule has 1 fully saturated rings. The van der Waals surface area contributed by atoms with Crippen LogP contribution in [0.1, 0.15) is 25.7 Å². The van der Waals surface area contributed by atoms with E-state index in [9.17, 15) is 5.11 Å². The Bertz CT molecular complexity index is 85.0. The van der Waals surface area contributed by atoms with Crippen molar-refractivity contribution in [3.8, 4) is 0 Å². The van der Waals surface area contributed by atoms with Gasteiger partial charge in [0.1, 0.15) is 0 Å². The molecule has 0 aromatic carbocycles. The zero-order valence-corrected chi connectivity index (χ0v) is 7.55. The summed E-state index contributed by atoms with van der Waals surface area (Å²) in [5.74, 6) is 2.23. The van der Waals surface area contributed by atoms with Crippen molar-refractivity contribution in [2.24, 2.45) is 0 Å². The summed E-state index contributed by atoms with van der Waals surface area (Å²) in [7, 11) is 0. The molecule has 0 aromatic rings. The van der Waals surface area contributed by atoms with E-state index in [1.807, 2.05) is 0 Å². The SMILES string of the molecule is C[Se][C@H]1CCCC[C@H]1O. The molecule has 1 rings (SSSR count). The van der Waals surface area contributed by atoms with Crippen molar-refractivity contribution in [1.29, 1.82) is 0 Å². The molecule has 2 atom stereocenters. The van der Waals surface area contributed by atoms with Gasteiger partial charge < -0.3 is 0 Å². The van der Waals surface area contributed by atoms with E-state index in [1.54, 1.807) is 0 Å². The van der Waals surface area contributed by atoms with E-state index in [2.05, 4.69) is 5.82 Å². The van der Waals surface area contributed by atoms with Gasteiger partial charge >= 0.3 is 62.5 Å². The Morgan fingerprint density at radius 2 is 2.00 bits per heavy atom. The van der Waals surface area contributed by atoms with Crippen LogP contribution >= 0.6 is 0 Å². The fourth-order valence-corrected chi connectivity index (χ4v) is 3.14. The van der Waals surface area contributed by atoms with Crippen LogP contribution in [-0.2, 0) is 0 Å². The molecule has 0 radical (unpaired) electrons. The van der Waals surface area contributed by atoms with E-state index in [0.29, 0.717) is 19.8 Å². The van der Waals surface area contributed by atoms with Crippen LogP contribution < -0.4 is 0 Å². The summed E-state index contributed by atoms with van der Waals surface area (Å²) < 4.78 is 0. The second kappa shape index (κ2) is 3.60. The summed E-state index contributed by atoms with van der Waals surface area (Å²) in [5, 5.41) is 9.38. The van der Waals surface area contributed by atoms with E-state index in [4.69, 9.17) is 0 Å². The summed E-state index contributed by atoms with van der Waals surface area (Å²) in [6.45, 7) is 0. The molecule has 1 nitrogen and oxygen atoms in total. The normalized spacial score (nSPS) is 36.7. The molecule has 1 saturated carbocycles. The van der Waals surface area contributed by atoms with Crippen molar-refractivity contribution < 1.29 is 5.11 Å². The van der Waals surface area contributed by atoms with E-state index < -0.39 is 0 Å². The predicted molar refractivity (Wildman–Crippen MR) is 39.8 cm³/mol. The van der Waals surface area contributed by atoms with Crippen LogP contribution in [0.4, 0.5) is 0 Å². The molecular formula is C7H14OSe. The van der Waals surface area contributed by atoms with Crippen molar-refractivity contribution in [2.45, 2.75) is 42.4 Å². The fraction of sp³-hybridized carbons (Fsp3) is 1.00. The summed E-state index contributed by atoms with van der Waals surface area (Å²) in [4.78, 5) is 0.672. The van der Waals surface area contributed by atoms with Gasteiger partial charge in [-0.3, -0.25) is 0 Å². The molecule has 9 heavy (non-hydrogen) atoms. The number of hydrogen-bond donors (Lipinski definition) is 1. The molecule has 1 aliphatic carbocycles. The van der Waals surface area contributed by atoms with Crippen molar-refractivity contribution in [3.63, 3.8) is 0 Å². The molecule has 1 N–H and O–H groups in total. The van der Waals surface area contributed by atoms with Gasteiger partial charge in [0.15, 0.2) is 0 Å². The quantitative estimate of drug-likeness (QED) is 0.625. The standard InChI is InChI=1S/C7H14OSe/c1-9-7-5-3-2-4-6(7)8/h6-8H,2-5H2,1H3/t6-,7+/m1/s1. The Morgan fingerprint density at radius 1 is 1.33 bits per heavy atom. The van der Waals surface area contributed by atoms with Crippen molar-refractivity contribution >= 4 is 15.0 Å². The van der Waals surface area contributed by atoms with Gasteiger partial charge in [0.25, 0.3) is 0 Å². The van der Waals surface area contributed by atoms with Crippen molar-refractivity contribution in [2.75, 3.05) is 0 Å². The Morgan fingerprint density at radius 3 is 2.44 bits per heavy atom. The van der Waals surface area contributed by atoms with Gasteiger partial charge in [0, 0.05) is 0 Å². The summed E-state index contributed by atoms with van der Waals surface area (Å²) in [6, 6.07) is 0. The molecule has 0 aromatic heterocycles. The van der Waals surface area contributed by atoms with Crippen LogP contribution in [-0.4, -0.2) is 26.2 Å². The first-order chi connectivity index (χ1) is 4.34. The fourth-order valence-electron chi connectivity index (χ4n) is 1.35. The molecule has 2 heteroatoms. The first-order valence-corrected chi connectivity index (χ1v) is 6.25. The molecule has 54 valence electrons. The third-order valence-corrected chi connectivity index (χ3v) is 4.39. The van der Waals surface area contributed by atoms with Crippen LogP contribution in [0.2, 0.25) is 10.6 Å². The summed E-state index contributed by atoms with van der Waals surface area (Å²) in [6.07, 6.45) is 4.96. The van der Waals surface area contributed by atoms with Gasteiger partial charge in [-0.2, -0.15) is 0 Å². The molecule has 0 amide bonds. The van der Waals surface area contributed by atoms with Crippen LogP contribution in [0.15, 0.2) is 0 Å². The van der Waals surface area contributed by atoms with Gasteiger partial charge in [-0.05, 0) is 0 Å². The van der Waals surface area contributed by atoms with Gasteiger partial charge in [0.05, 0.1) is 0 Å². The summed E-state index contributed by atoms with van der Waals surface area (Å²) in [5.41, 5.74) is 0. The topological polar surface area (TPSA) is 20.2 Å². The molecule has 0 saturated heterocycles. The second-order valence-electron chi connectivity index (χ2n) is 2.63. The maximum atomic E-state index is 9.38. The van der Waals surface area contributed by atoms with Crippen LogP contribution in [0.5, 0.6) is 0 Å². The molecule has 1 aliphatic rings. The van der Waals surface area contributed by atoms with E-state index in [-0.39, 0.29) is 6.10 Å². The Labute approximate surface area is 63.0 Å². The number of hydrogen-bond acceptors (Lipinski definition) is 1. The monoisotopic (exact) mass is 194 g/mol. The molecule has 0 spiro atoms. The first kappa shape index (κ1) is 7.58. The number of rotatable bonds is 1. The zero-order valence-electron chi connectivity index (χ0n) is 5.84. The van der Waals surface area contributed by atoms with Gasteiger partial charge in [0.2, 0.25) is 0 Å². The third-order valence-electron chi connectivity index (χ3n) is 1.97. The second-order valence-corrected chi connectivity index (χ2v) is 4.89. The van der Waals surface area contributed by atoms with Crippen LogP contribution in [0, 0.1) is 0 Å². The number of aliphatic hydroxyl groups excluding tert-OH is 1. The Balaban J connectivity index is 2.30. The van der Waals surface area contributed by atoms with E-state index in [0.717, 1.165) is 6.42 Å². The van der Waals surface area contributed by atoms with Crippen molar-refractivity contribution in [1.82, 2.24) is 0 Å². The minimum atomic E-state index is 0.0451. The van der Waals surface area contributed by atoms with Crippen LogP contribution in [0.3, 0.4) is 0 Å². The van der Waals surface area contributed by atoms with Gasteiger partial charge in [-0.1, -0.05) is 0 Å². The minimum absolute atomic E-state index is 0.0451. The first-order valence-electron chi connectivity index (χ1n) is 3.55. The van der Waals surface area contributed by atoms with Gasteiger partial charge in [-0.15, -0.1) is 0 Å². The predicted octanol–water partition coefficient (Wildman–Crippen LogP) is 1.46. The van der Waals surface area contributed by atoms with E-state index in [1.165, 1.54) is 19.3 Å². The zero-order chi connectivity index (χ0) is 6.69. The molecule has 0 bridgehead atoms. The molecule has 0 heterocycles.